The number of pyridine rings is 1. The van der Waals surface area contributed by atoms with Crippen LogP contribution in [-0.2, 0) is 24.4 Å². The van der Waals surface area contributed by atoms with Crippen LogP contribution in [0.25, 0.3) is 0 Å². The van der Waals surface area contributed by atoms with Crippen LogP contribution in [0.3, 0.4) is 0 Å². The van der Waals surface area contributed by atoms with Crippen LogP contribution in [0.15, 0.2) is 47.4 Å². The maximum absolute atomic E-state index is 12.8. The van der Waals surface area contributed by atoms with E-state index in [0.29, 0.717) is 12.2 Å². The van der Waals surface area contributed by atoms with Crippen LogP contribution in [0.4, 0.5) is 10.6 Å². The van der Waals surface area contributed by atoms with E-state index in [9.17, 15) is 14.4 Å². The fraction of sp³-hybridized carbons (Fsp3) is 0.292. The van der Waals surface area contributed by atoms with Crippen molar-refractivity contribution in [2.75, 3.05) is 12.5 Å². The van der Waals surface area contributed by atoms with Gasteiger partial charge in [-0.15, -0.1) is 0 Å². The van der Waals surface area contributed by atoms with Gasteiger partial charge in [0.05, 0.1) is 7.11 Å². The third-order valence-electron chi connectivity index (χ3n) is 5.27. The molecule has 35 heavy (non-hydrogen) atoms. The van der Waals surface area contributed by atoms with Gasteiger partial charge in [0.25, 0.3) is 5.56 Å². The van der Waals surface area contributed by atoms with Gasteiger partial charge in [-0.2, -0.15) is 0 Å². The van der Waals surface area contributed by atoms with E-state index in [1.165, 1.54) is 10.8 Å². The normalized spacial score (nSPS) is 10.4. The molecule has 0 saturated heterocycles. The number of methoxy groups -OCH3 is 1. The summed E-state index contributed by atoms with van der Waals surface area (Å²) < 4.78 is 6.38. The van der Waals surface area contributed by atoms with Gasteiger partial charge in [-0.25, -0.2) is 9.78 Å². The van der Waals surface area contributed by atoms with Crippen molar-refractivity contribution < 1.29 is 14.3 Å². The Bertz CT molecular complexity index is 1260. The lowest BCUT2D eigenvalue weighted by Gasteiger charge is -2.14. The number of carbonyl (C=O) groups excluding carboxylic acids is 2. The molecule has 0 unspecified atom stereocenters. The number of hydrazine groups is 1. The van der Waals surface area contributed by atoms with E-state index in [0.717, 1.165) is 28.3 Å². The molecule has 3 amide bonds. The maximum atomic E-state index is 12.8. The van der Waals surface area contributed by atoms with E-state index in [2.05, 4.69) is 31.5 Å². The van der Waals surface area contributed by atoms with E-state index >= 15 is 0 Å². The molecule has 184 valence electrons. The predicted octanol–water partition coefficient (Wildman–Crippen LogP) is 1.71. The molecule has 0 aliphatic heterocycles. The average molecular weight is 480 g/mol. The number of hydrogen-bond donors (Lipinski definition) is 4. The van der Waals surface area contributed by atoms with Crippen molar-refractivity contribution in [1.82, 2.24) is 30.6 Å². The highest BCUT2D eigenvalue weighted by molar-refractivity contribution is 5.76. The number of carbonyl (C=O) groups is 2. The zero-order chi connectivity index (χ0) is 25.4. The predicted molar refractivity (Wildman–Crippen MR) is 131 cm³/mol. The molecule has 0 atom stereocenters. The summed E-state index contributed by atoms with van der Waals surface area (Å²) in [6.45, 7) is 5.85. The standard InChI is InChI=1S/C24H29N7O4/c1-15-5-8-19(17(3)28-15)13-25-21(32)14-31-16(2)11-26-22(23(31)33)29-30-24(34)27-12-18-6-9-20(35-4)10-7-18/h5-11H,12-14H2,1-4H3,(H,25,32)(H,26,29)(H2,27,30,34). The Morgan fingerprint density at radius 2 is 1.74 bits per heavy atom. The number of benzene rings is 1. The Balaban J connectivity index is 1.54. The molecular formula is C24H29N7O4. The summed E-state index contributed by atoms with van der Waals surface area (Å²) in [7, 11) is 1.58. The van der Waals surface area contributed by atoms with Crippen LogP contribution in [0.2, 0.25) is 0 Å². The van der Waals surface area contributed by atoms with Gasteiger partial charge in [-0.3, -0.25) is 30.0 Å². The van der Waals surface area contributed by atoms with Crippen molar-refractivity contribution in [2.45, 2.75) is 40.4 Å². The van der Waals surface area contributed by atoms with Gasteiger partial charge < -0.3 is 15.4 Å². The molecule has 1 aromatic carbocycles. The van der Waals surface area contributed by atoms with Gasteiger partial charge in [-0.05, 0) is 50.1 Å². The fourth-order valence-corrected chi connectivity index (χ4v) is 3.23. The third-order valence-corrected chi connectivity index (χ3v) is 5.27. The first-order valence-corrected chi connectivity index (χ1v) is 11.0. The summed E-state index contributed by atoms with van der Waals surface area (Å²) in [6, 6.07) is 10.5. The van der Waals surface area contributed by atoms with Crippen LogP contribution in [0, 0.1) is 20.8 Å². The molecule has 0 spiro atoms. The molecule has 11 nitrogen and oxygen atoms in total. The largest absolute Gasteiger partial charge is 0.497 e. The third kappa shape index (κ3) is 7.03. The number of amides is 3. The van der Waals surface area contributed by atoms with Gasteiger partial charge in [0.1, 0.15) is 12.3 Å². The zero-order valence-electron chi connectivity index (χ0n) is 20.1. The first kappa shape index (κ1) is 25.2. The van der Waals surface area contributed by atoms with E-state index < -0.39 is 11.6 Å². The summed E-state index contributed by atoms with van der Waals surface area (Å²) >= 11 is 0. The number of rotatable bonds is 9. The average Bonchev–Trinajstić information content (AvgIpc) is 2.84. The second kappa shape index (κ2) is 11.6. The molecule has 4 N–H and O–H groups in total. The lowest BCUT2D eigenvalue weighted by Crippen LogP contribution is -2.41. The highest BCUT2D eigenvalue weighted by Crippen LogP contribution is 2.11. The van der Waals surface area contributed by atoms with Crippen LogP contribution in [0.1, 0.15) is 28.2 Å². The SMILES string of the molecule is COc1ccc(CNC(=O)NNc2ncc(C)n(CC(=O)NCc3ccc(C)nc3C)c2=O)cc1. The summed E-state index contributed by atoms with van der Waals surface area (Å²) in [5.74, 6) is 0.275. The Labute approximate surface area is 202 Å². The Hall–Kier alpha value is -4.41. The molecule has 11 heteroatoms. The maximum Gasteiger partial charge on any atom is 0.333 e. The van der Waals surface area contributed by atoms with Crippen molar-refractivity contribution in [2.24, 2.45) is 0 Å². The van der Waals surface area contributed by atoms with Gasteiger partial charge in [-0.1, -0.05) is 18.2 Å². The van der Waals surface area contributed by atoms with Gasteiger partial charge in [0.15, 0.2) is 0 Å². The van der Waals surface area contributed by atoms with Crippen LogP contribution in [0.5, 0.6) is 5.75 Å². The second-order valence-electron chi connectivity index (χ2n) is 7.89. The molecule has 2 aromatic heterocycles. The number of aryl methyl sites for hydroxylation is 3. The number of nitrogens with zero attached hydrogens (tertiary/aromatic N) is 3. The fourth-order valence-electron chi connectivity index (χ4n) is 3.23. The van der Waals surface area contributed by atoms with Crippen molar-refractivity contribution in [3.8, 4) is 5.75 Å². The van der Waals surface area contributed by atoms with Crippen molar-refractivity contribution in [3.63, 3.8) is 0 Å². The monoisotopic (exact) mass is 479 g/mol. The number of urea groups is 1. The molecular weight excluding hydrogens is 450 g/mol. The molecule has 0 fully saturated rings. The summed E-state index contributed by atoms with van der Waals surface area (Å²) in [5, 5.41) is 5.47. The topological polar surface area (TPSA) is 139 Å². The number of ether oxygens (including phenoxy) is 1. The summed E-state index contributed by atoms with van der Waals surface area (Å²) in [6.07, 6.45) is 1.45. The smallest absolute Gasteiger partial charge is 0.333 e. The van der Waals surface area contributed by atoms with E-state index in [-0.39, 0.29) is 24.8 Å². The Morgan fingerprint density at radius 1 is 1.00 bits per heavy atom. The molecule has 0 aliphatic carbocycles. The van der Waals surface area contributed by atoms with E-state index in [4.69, 9.17) is 4.74 Å². The van der Waals surface area contributed by atoms with Crippen LogP contribution in [-0.4, -0.2) is 33.6 Å². The highest BCUT2D eigenvalue weighted by Gasteiger charge is 2.13. The van der Waals surface area contributed by atoms with Gasteiger partial charge in [0.2, 0.25) is 11.7 Å². The van der Waals surface area contributed by atoms with Crippen LogP contribution < -0.4 is 31.8 Å². The quantitative estimate of drug-likeness (QED) is 0.343. The molecule has 0 saturated carbocycles. The first-order valence-electron chi connectivity index (χ1n) is 11.0. The minimum absolute atomic E-state index is 0.110. The molecule has 0 radical (unpaired) electrons. The first-order chi connectivity index (χ1) is 16.8. The molecule has 3 rings (SSSR count). The van der Waals surface area contributed by atoms with E-state index in [1.807, 2.05) is 38.1 Å². The Kier molecular flexibility index (Phi) is 8.38. The number of nitrogens with one attached hydrogen (secondary N) is 4. The lowest BCUT2D eigenvalue weighted by molar-refractivity contribution is -0.121. The zero-order valence-corrected chi connectivity index (χ0v) is 20.1. The molecule has 0 bridgehead atoms. The molecule has 2 heterocycles. The minimum atomic E-state index is -0.547. The summed E-state index contributed by atoms with van der Waals surface area (Å²) in [5.41, 5.74) is 8.38. The van der Waals surface area contributed by atoms with Gasteiger partial charge >= 0.3 is 6.03 Å². The van der Waals surface area contributed by atoms with Gasteiger partial charge in [0, 0.05) is 36.4 Å². The number of hydrogen-bond acceptors (Lipinski definition) is 7. The minimum Gasteiger partial charge on any atom is -0.497 e. The number of aromatic nitrogens is 3. The van der Waals surface area contributed by atoms with Crippen molar-refractivity contribution in [3.05, 3.63) is 81.2 Å². The van der Waals surface area contributed by atoms with Crippen molar-refractivity contribution in [1.29, 1.82) is 0 Å². The number of anilines is 1. The Morgan fingerprint density at radius 3 is 2.43 bits per heavy atom. The van der Waals surface area contributed by atoms with E-state index in [1.54, 1.807) is 26.2 Å². The second-order valence-corrected chi connectivity index (χ2v) is 7.89. The van der Waals surface area contributed by atoms with Crippen LogP contribution >= 0.6 is 0 Å². The lowest BCUT2D eigenvalue weighted by atomic mass is 10.2. The molecule has 0 aliphatic rings. The van der Waals surface area contributed by atoms with Crippen molar-refractivity contribution >= 4 is 17.8 Å². The highest BCUT2D eigenvalue weighted by atomic mass is 16.5. The summed E-state index contributed by atoms with van der Waals surface area (Å²) in [4.78, 5) is 45.8. The molecule has 3 aromatic rings.